The average Bonchev–Trinajstić information content (AvgIpc) is 2.39. The van der Waals surface area contributed by atoms with Crippen LogP contribution in [0.4, 0.5) is 0 Å². The van der Waals surface area contributed by atoms with Crippen LogP contribution in [-0.2, 0) is 4.79 Å². The molecular weight excluding hydrogens is 256 g/mol. The minimum Gasteiger partial charge on any atom is -0.281 e. The largest absolute Gasteiger partial charge is 0.281 e. The Bertz CT molecular complexity index is 203. The quantitative estimate of drug-likeness (QED) is 0.264. The number of hydrogen-bond acceptors (Lipinski definition) is 1. The summed E-state index contributed by atoms with van der Waals surface area (Å²) < 4.78 is 0. The van der Waals surface area contributed by atoms with Crippen molar-refractivity contribution in [1.82, 2.24) is 0 Å². The van der Waals surface area contributed by atoms with E-state index in [4.69, 9.17) is 11.6 Å². The van der Waals surface area contributed by atoms with Gasteiger partial charge in [0.2, 0.25) is 5.24 Å². The Morgan fingerprint density at radius 1 is 0.789 bits per heavy atom. The van der Waals surface area contributed by atoms with E-state index in [-0.39, 0.29) is 11.2 Å². The van der Waals surface area contributed by atoms with Gasteiger partial charge in [-0.1, -0.05) is 90.9 Å². The molecule has 0 N–H and O–H groups in total. The first kappa shape index (κ1) is 19.0. The lowest BCUT2D eigenvalue weighted by Gasteiger charge is -2.05. The molecule has 0 bridgehead atoms. The second-order valence-electron chi connectivity index (χ2n) is 5.88. The molecule has 0 saturated heterocycles. The standard InChI is InChI=1S/C17H33ClO/c1-3-4-5-6-7-8-9-10-11-12-13-14-15-16(2)17(18)19/h16H,3-15H2,1-2H3/t16-/m0/s1. The smallest absolute Gasteiger partial charge is 0.224 e. The third-order valence-electron chi connectivity index (χ3n) is 3.88. The van der Waals surface area contributed by atoms with Gasteiger partial charge in [0.05, 0.1) is 0 Å². The first-order valence-corrected chi connectivity index (χ1v) is 8.75. The van der Waals surface area contributed by atoms with E-state index in [9.17, 15) is 4.79 Å². The molecule has 114 valence electrons. The van der Waals surface area contributed by atoms with Crippen molar-refractivity contribution >= 4 is 16.8 Å². The van der Waals surface area contributed by atoms with Crippen LogP contribution >= 0.6 is 11.6 Å². The monoisotopic (exact) mass is 288 g/mol. The lowest BCUT2D eigenvalue weighted by molar-refractivity contribution is -0.114. The Labute approximate surface area is 125 Å². The van der Waals surface area contributed by atoms with E-state index in [0.717, 1.165) is 12.8 Å². The van der Waals surface area contributed by atoms with Gasteiger partial charge in [0, 0.05) is 5.92 Å². The van der Waals surface area contributed by atoms with Gasteiger partial charge < -0.3 is 0 Å². The molecule has 1 atom stereocenters. The fourth-order valence-corrected chi connectivity index (χ4v) is 2.51. The number of rotatable bonds is 14. The van der Waals surface area contributed by atoms with Gasteiger partial charge in [0.1, 0.15) is 0 Å². The lowest BCUT2D eigenvalue weighted by atomic mass is 10.0. The Morgan fingerprint density at radius 3 is 1.53 bits per heavy atom. The summed E-state index contributed by atoms with van der Waals surface area (Å²) in [5.74, 6) is 0.0461. The first-order chi connectivity index (χ1) is 9.18. The van der Waals surface area contributed by atoms with E-state index in [1.807, 2.05) is 6.92 Å². The van der Waals surface area contributed by atoms with E-state index in [2.05, 4.69) is 6.92 Å². The zero-order valence-electron chi connectivity index (χ0n) is 13.1. The van der Waals surface area contributed by atoms with Crippen molar-refractivity contribution in [3.05, 3.63) is 0 Å². The van der Waals surface area contributed by atoms with Crippen LogP contribution in [0.25, 0.3) is 0 Å². The molecule has 0 aliphatic carbocycles. The van der Waals surface area contributed by atoms with Crippen LogP contribution in [0.1, 0.15) is 97.3 Å². The van der Waals surface area contributed by atoms with E-state index in [1.165, 1.54) is 70.6 Å². The van der Waals surface area contributed by atoms with Crippen molar-refractivity contribution in [3.63, 3.8) is 0 Å². The summed E-state index contributed by atoms with van der Waals surface area (Å²) in [6.07, 6.45) is 17.3. The predicted octanol–water partition coefficient (Wildman–Crippen LogP) is 6.48. The van der Waals surface area contributed by atoms with E-state index in [0.29, 0.717) is 0 Å². The molecule has 0 aromatic carbocycles. The van der Waals surface area contributed by atoms with Crippen LogP contribution in [0.15, 0.2) is 0 Å². The second kappa shape index (κ2) is 14.4. The van der Waals surface area contributed by atoms with Crippen LogP contribution in [0, 0.1) is 5.92 Å². The second-order valence-corrected chi connectivity index (χ2v) is 6.26. The number of unbranched alkanes of at least 4 members (excludes halogenated alkanes) is 11. The molecule has 1 nitrogen and oxygen atoms in total. The van der Waals surface area contributed by atoms with Crippen molar-refractivity contribution in [2.24, 2.45) is 5.92 Å². The molecule has 0 spiro atoms. The zero-order chi connectivity index (χ0) is 14.3. The molecule has 0 amide bonds. The number of hydrogen-bond donors (Lipinski definition) is 0. The average molecular weight is 289 g/mol. The molecule has 0 radical (unpaired) electrons. The van der Waals surface area contributed by atoms with Crippen molar-refractivity contribution in [2.75, 3.05) is 0 Å². The van der Waals surface area contributed by atoms with E-state index in [1.54, 1.807) is 0 Å². The molecule has 0 saturated carbocycles. The summed E-state index contributed by atoms with van der Waals surface area (Å²) in [6, 6.07) is 0. The molecule has 0 unspecified atom stereocenters. The van der Waals surface area contributed by atoms with Gasteiger partial charge >= 0.3 is 0 Å². The first-order valence-electron chi connectivity index (χ1n) is 8.37. The third kappa shape index (κ3) is 14.2. The highest BCUT2D eigenvalue weighted by atomic mass is 35.5. The number of carbonyl (C=O) groups is 1. The molecule has 2 heteroatoms. The maximum Gasteiger partial charge on any atom is 0.224 e. The van der Waals surface area contributed by atoms with Gasteiger partial charge in [-0.2, -0.15) is 0 Å². The van der Waals surface area contributed by atoms with Crippen molar-refractivity contribution < 1.29 is 4.79 Å². The highest BCUT2D eigenvalue weighted by Gasteiger charge is 2.08. The van der Waals surface area contributed by atoms with Crippen LogP contribution in [0.2, 0.25) is 0 Å². The van der Waals surface area contributed by atoms with Crippen molar-refractivity contribution in [2.45, 2.75) is 97.3 Å². The molecule has 0 heterocycles. The lowest BCUT2D eigenvalue weighted by Crippen LogP contribution is -2.02. The van der Waals surface area contributed by atoms with E-state index < -0.39 is 0 Å². The topological polar surface area (TPSA) is 17.1 Å². The van der Waals surface area contributed by atoms with Crippen LogP contribution in [-0.4, -0.2) is 5.24 Å². The van der Waals surface area contributed by atoms with Crippen LogP contribution in [0.5, 0.6) is 0 Å². The minimum atomic E-state index is -0.178. The van der Waals surface area contributed by atoms with Gasteiger partial charge in [-0.3, -0.25) is 4.79 Å². The van der Waals surface area contributed by atoms with E-state index >= 15 is 0 Å². The normalized spacial score (nSPS) is 12.6. The summed E-state index contributed by atoms with van der Waals surface area (Å²) in [4.78, 5) is 10.8. The summed E-state index contributed by atoms with van der Waals surface area (Å²) >= 11 is 5.43. The zero-order valence-corrected chi connectivity index (χ0v) is 13.8. The molecule has 19 heavy (non-hydrogen) atoms. The predicted molar refractivity (Wildman–Crippen MR) is 85.7 cm³/mol. The van der Waals surface area contributed by atoms with Crippen molar-refractivity contribution in [1.29, 1.82) is 0 Å². The van der Waals surface area contributed by atoms with Crippen LogP contribution in [0.3, 0.4) is 0 Å². The van der Waals surface area contributed by atoms with Crippen molar-refractivity contribution in [3.8, 4) is 0 Å². The number of halogens is 1. The van der Waals surface area contributed by atoms with Gasteiger partial charge in [-0.05, 0) is 18.0 Å². The minimum absolute atomic E-state index is 0.0461. The molecule has 0 aromatic heterocycles. The highest BCUT2D eigenvalue weighted by Crippen LogP contribution is 2.15. The van der Waals surface area contributed by atoms with Gasteiger partial charge in [0.15, 0.2) is 0 Å². The summed E-state index contributed by atoms with van der Waals surface area (Å²) in [7, 11) is 0. The maximum absolute atomic E-state index is 10.8. The molecule has 0 fully saturated rings. The molecular formula is C17H33ClO. The molecule has 0 rings (SSSR count). The fourth-order valence-electron chi connectivity index (χ4n) is 2.40. The Kier molecular flexibility index (Phi) is 14.3. The summed E-state index contributed by atoms with van der Waals surface area (Å²) in [5.41, 5.74) is 0. The van der Waals surface area contributed by atoms with Gasteiger partial charge in [-0.25, -0.2) is 0 Å². The molecule has 0 aromatic rings. The molecule has 0 aliphatic rings. The van der Waals surface area contributed by atoms with Gasteiger partial charge in [-0.15, -0.1) is 0 Å². The Morgan fingerprint density at radius 2 is 1.16 bits per heavy atom. The maximum atomic E-state index is 10.8. The fraction of sp³-hybridized carbons (Fsp3) is 0.941. The summed E-state index contributed by atoms with van der Waals surface area (Å²) in [6.45, 7) is 4.19. The molecule has 0 aliphatic heterocycles. The van der Waals surface area contributed by atoms with Gasteiger partial charge in [0.25, 0.3) is 0 Å². The third-order valence-corrected chi connectivity index (χ3v) is 4.25. The summed E-state index contributed by atoms with van der Waals surface area (Å²) in [5, 5.41) is -0.178. The Balaban J connectivity index is 3.05. The number of carbonyl (C=O) groups excluding carboxylic acids is 1. The SMILES string of the molecule is CCCCCCCCCCCCCC[C@H](C)C(=O)Cl. The Hall–Kier alpha value is -0.0400. The highest BCUT2D eigenvalue weighted by molar-refractivity contribution is 6.63. The van der Waals surface area contributed by atoms with Crippen LogP contribution < -0.4 is 0 Å².